The maximum atomic E-state index is 11.9. The Hall–Kier alpha value is -1.26. The maximum Gasteiger partial charge on any atom is 0.326 e. The fourth-order valence-corrected chi connectivity index (χ4v) is 2.17. The first-order chi connectivity index (χ1) is 9.11. The van der Waals surface area contributed by atoms with Crippen molar-refractivity contribution in [3.8, 4) is 0 Å². The molecule has 0 aliphatic heterocycles. The molecule has 1 aromatic carbocycles. The number of carbonyl (C=O) groups is 2. The minimum atomic E-state index is -1.06. The molecule has 1 aromatic rings. The van der Waals surface area contributed by atoms with Crippen molar-refractivity contribution in [1.29, 1.82) is 0 Å². The van der Waals surface area contributed by atoms with Crippen LogP contribution in [0.5, 0.6) is 0 Å². The molecule has 110 valence electrons. The Morgan fingerprint density at radius 3 is 2.35 bits per heavy atom. The number of rotatable bonds is 4. The molecule has 0 heterocycles. The Bertz CT molecular complexity index is 524. The Morgan fingerprint density at radius 2 is 1.90 bits per heavy atom. The Morgan fingerprint density at radius 1 is 1.30 bits per heavy atom. The van der Waals surface area contributed by atoms with Gasteiger partial charge in [-0.2, -0.15) is 0 Å². The molecule has 0 radical (unpaired) electrons. The predicted molar refractivity (Wildman–Crippen MR) is 79.2 cm³/mol. The number of carbonyl (C=O) groups excluding carboxylic acids is 1. The van der Waals surface area contributed by atoms with E-state index >= 15 is 0 Å². The number of hydrogen-bond donors (Lipinski definition) is 2. The fourth-order valence-electron chi connectivity index (χ4n) is 1.70. The number of nitrogens with one attached hydrogen (secondary N) is 1. The summed E-state index contributed by atoms with van der Waals surface area (Å²) in [4.78, 5) is 23.1. The van der Waals surface area contributed by atoms with Crippen LogP contribution in [-0.4, -0.2) is 23.0 Å². The average molecular weight is 318 g/mol. The van der Waals surface area contributed by atoms with Crippen molar-refractivity contribution >= 4 is 35.1 Å². The normalized spacial score (nSPS) is 12.8. The van der Waals surface area contributed by atoms with Gasteiger partial charge in [0, 0.05) is 10.0 Å². The van der Waals surface area contributed by atoms with Crippen LogP contribution in [-0.2, 0) is 16.0 Å². The molecule has 0 fully saturated rings. The van der Waals surface area contributed by atoms with Gasteiger partial charge in [-0.1, -0.05) is 50.0 Å². The minimum Gasteiger partial charge on any atom is -0.480 e. The summed E-state index contributed by atoms with van der Waals surface area (Å²) in [5.74, 6) is -1.45. The van der Waals surface area contributed by atoms with E-state index < -0.39 is 23.3 Å². The van der Waals surface area contributed by atoms with Gasteiger partial charge in [0.15, 0.2) is 0 Å². The molecule has 0 aliphatic carbocycles. The minimum absolute atomic E-state index is 0.00978. The molecule has 0 saturated heterocycles. The van der Waals surface area contributed by atoms with Crippen LogP contribution in [0, 0.1) is 5.41 Å². The monoisotopic (exact) mass is 317 g/mol. The van der Waals surface area contributed by atoms with Gasteiger partial charge in [-0.25, -0.2) is 4.79 Å². The van der Waals surface area contributed by atoms with Gasteiger partial charge in [-0.15, -0.1) is 0 Å². The van der Waals surface area contributed by atoms with Gasteiger partial charge in [-0.3, -0.25) is 4.79 Å². The predicted octanol–water partition coefficient (Wildman–Crippen LogP) is 3.15. The lowest BCUT2D eigenvalue weighted by Gasteiger charge is -2.27. The van der Waals surface area contributed by atoms with E-state index in [9.17, 15) is 9.59 Å². The Balaban J connectivity index is 2.79. The number of aliphatic carboxylic acids is 1. The number of carboxylic acid groups (broad SMARTS) is 1. The van der Waals surface area contributed by atoms with Crippen LogP contribution < -0.4 is 5.32 Å². The number of carboxylic acids is 1. The first-order valence-electron chi connectivity index (χ1n) is 6.07. The van der Waals surface area contributed by atoms with Crippen molar-refractivity contribution in [2.75, 3.05) is 0 Å². The van der Waals surface area contributed by atoms with Crippen LogP contribution in [0.1, 0.15) is 26.3 Å². The number of hydrogen-bond acceptors (Lipinski definition) is 2. The summed E-state index contributed by atoms with van der Waals surface area (Å²) in [5, 5.41) is 12.5. The van der Waals surface area contributed by atoms with Crippen molar-refractivity contribution in [3.05, 3.63) is 33.8 Å². The molecular formula is C14H17Cl2NO3. The lowest BCUT2D eigenvalue weighted by molar-refractivity contribution is -0.144. The van der Waals surface area contributed by atoms with E-state index in [1.807, 2.05) is 0 Å². The van der Waals surface area contributed by atoms with Crippen molar-refractivity contribution in [2.24, 2.45) is 5.41 Å². The van der Waals surface area contributed by atoms with E-state index in [2.05, 4.69) is 5.32 Å². The van der Waals surface area contributed by atoms with Crippen LogP contribution in [0.15, 0.2) is 18.2 Å². The second-order valence-corrected chi connectivity index (χ2v) is 6.46. The van der Waals surface area contributed by atoms with Crippen LogP contribution in [0.25, 0.3) is 0 Å². The van der Waals surface area contributed by atoms with Gasteiger partial charge < -0.3 is 10.4 Å². The Labute approximate surface area is 128 Å². The SMILES string of the molecule is CC(C)(C)[C@H](NC(=O)Cc1ccc(Cl)cc1Cl)C(=O)O. The quantitative estimate of drug-likeness (QED) is 0.896. The Kier molecular flexibility index (Phi) is 5.42. The summed E-state index contributed by atoms with van der Waals surface area (Å²) in [6.07, 6.45) is 0.00978. The molecule has 1 atom stereocenters. The maximum absolute atomic E-state index is 11.9. The van der Waals surface area contributed by atoms with Gasteiger partial charge in [0.05, 0.1) is 6.42 Å². The molecule has 0 spiro atoms. The molecule has 0 aliphatic rings. The second-order valence-electron chi connectivity index (χ2n) is 5.62. The molecule has 20 heavy (non-hydrogen) atoms. The van der Waals surface area contributed by atoms with E-state index in [0.717, 1.165) is 0 Å². The van der Waals surface area contributed by atoms with E-state index in [4.69, 9.17) is 28.3 Å². The van der Waals surface area contributed by atoms with Gasteiger partial charge in [0.2, 0.25) is 5.91 Å². The van der Waals surface area contributed by atoms with Crippen LogP contribution in [0.2, 0.25) is 10.0 Å². The fraction of sp³-hybridized carbons (Fsp3) is 0.429. The van der Waals surface area contributed by atoms with E-state index in [-0.39, 0.29) is 6.42 Å². The van der Waals surface area contributed by atoms with Crippen LogP contribution in [0.4, 0.5) is 0 Å². The highest BCUT2D eigenvalue weighted by Gasteiger charge is 2.32. The largest absolute Gasteiger partial charge is 0.480 e. The first kappa shape index (κ1) is 16.8. The molecule has 0 bridgehead atoms. The summed E-state index contributed by atoms with van der Waals surface area (Å²) in [7, 11) is 0. The third kappa shape index (κ3) is 4.69. The van der Waals surface area contributed by atoms with Crippen LogP contribution in [0.3, 0.4) is 0 Å². The van der Waals surface area contributed by atoms with Crippen molar-refractivity contribution < 1.29 is 14.7 Å². The van der Waals surface area contributed by atoms with Crippen molar-refractivity contribution in [3.63, 3.8) is 0 Å². The molecule has 6 heteroatoms. The van der Waals surface area contributed by atoms with E-state index in [0.29, 0.717) is 15.6 Å². The molecule has 0 unspecified atom stereocenters. The summed E-state index contributed by atoms with van der Waals surface area (Å²) in [5.41, 5.74) is 0.0253. The molecule has 0 aromatic heterocycles. The lowest BCUT2D eigenvalue weighted by atomic mass is 9.86. The molecule has 0 saturated carbocycles. The van der Waals surface area contributed by atoms with Crippen molar-refractivity contribution in [2.45, 2.75) is 33.2 Å². The van der Waals surface area contributed by atoms with Crippen LogP contribution >= 0.6 is 23.2 Å². The topological polar surface area (TPSA) is 66.4 Å². The highest BCUT2D eigenvalue weighted by atomic mass is 35.5. The smallest absolute Gasteiger partial charge is 0.326 e. The van der Waals surface area contributed by atoms with Gasteiger partial charge in [-0.05, 0) is 23.1 Å². The summed E-state index contributed by atoms with van der Waals surface area (Å²) in [6, 6.07) is 3.87. The molecule has 1 amide bonds. The molecular weight excluding hydrogens is 301 g/mol. The zero-order valence-electron chi connectivity index (χ0n) is 11.5. The summed E-state index contributed by atoms with van der Waals surface area (Å²) >= 11 is 11.8. The number of amides is 1. The van der Waals surface area contributed by atoms with Crippen molar-refractivity contribution in [1.82, 2.24) is 5.32 Å². The first-order valence-corrected chi connectivity index (χ1v) is 6.83. The van der Waals surface area contributed by atoms with Gasteiger partial charge >= 0.3 is 5.97 Å². The lowest BCUT2D eigenvalue weighted by Crippen LogP contribution is -2.49. The second kappa shape index (κ2) is 6.46. The average Bonchev–Trinajstić information content (AvgIpc) is 2.28. The third-order valence-electron chi connectivity index (χ3n) is 2.78. The van der Waals surface area contributed by atoms with E-state index in [1.165, 1.54) is 0 Å². The zero-order chi connectivity index (χ0) is 15.5. The summed E-state index contributed by atoms with van der Waals surface area (Å²) < 4.78 is 0. The molecule has 2 N–H and O–H groups in total. The molecule has 1 rings (SSSR count). The molecule has 4 nitrogen and oxygen atoms in total. The van der Waals surface area contributed by atoms with Gasteiger partial charge in [0.25, 0.3) is 0 Å². The highest BCUT2D eigenvalue weighted by molar-refractivity contribution is 6.35. The van der Waals surface area contributed by atoms with Gasteiger partial charge in [0.1, 0.15) is 6.04 Å². The number of halogens is 2. The summed E-state index contributed by atoms with van der Waals surface area (Å²) in [6.45, 7) is 5.25. The highest BCUT2D eigenvalue weighted by Crippen LogP contribution is 2.22. The third-order valence-corrected chi connectivity index (χ3v) is 3.37. The number of benzene rings is 1. The van der Waals surface area contributed by atoms with E-state index in [1.54, 1.807) is 39.0 Å². The standard InChI is InChI=1S/C14H17Cl2NO3/c1-14(2,3)12(13(19)20)17-11(18)6-8-4-5-9(15)7-10(8)16/h4-5,7,12H,6H2,1-3H3,(H,17,18)(H,19,20)/t12-/m1/s1. The zero-order valence-corrected chi connectivity index (χ0v) is 13.0.